The van der Waals surface area contributed by atoms with Crippen LogP contribution in [0.4, 0.5) is 5.82 Å². The fourth-order valence-corrected chi connectivity index (χ4v) is 7.65. The zero-order valence-corrected chi connectivity index (χ0v) is 30.6. The third-order valence-corrected chi connectivity index (χ3v) is 10.7. The largest absolute Gasteiger partial charge is 0.481 e. The molecular formula is C23H38N7O17P3S. The minimum Gasteiger partial charge on any atom is -0.386 e. The summed E-state index contributed by atoms with van der Waals surface area (Å²) in [5.74, 6) is -1.08. The number of nitrogens with zero attached hydrogens (tertiary/aromatic N) is 4. The van der Waals surface area contributed by atoms with Crippen molar-refractivity contribution in [3.63, 3.8) is 0 Å². The molecule has 3 heterocycles. The van der Waals surface area contributed by atoms with Gasteiger partial charge in [0.05, 0.1) is 19.5 Å². The molecule has 0 radical (unpaired) electrons. The highest BCUT2D eigenvalue weighted by molar-refractivity contribution is 8.13. The van der Waals surface area contributed by atoms with Gasteiger partial charge in [-0.25, -0.2) is 28.6 Å². The SMILES string of the molecule is CC(=O)SCCNC(=O)CCNC(=O)[C@H](O)C(C)(C)COP(=O)(O)OP(=O)(O)OC[C@H]1OC(n2cnc3c(N)ncnc32)[C@H](O)[C@@H]1OP(=O)(O)O. The van der Waals surface area contributed by atoms with Gasteiger partial charge in [0.1, 0.15) is 36.3 Å². The minimum atomic E-state index is -5.56. The molecule has 0 aliphatic carbocycles. The van der Waals surface area contributed by atoms with Crippen LogP contribution in [0.1, 0.15) is 33.4 Å². The van der Waals surface area contributed by atoms with E-state index in [2.05, 4.69) is 34.4 Å². The molecule has 1 saturated heterocycles. The van der Waals surface area contributed by atoms with Gasteiger partial charge in [-0.1, -0.05) is 25.6 Å². The number of nitrogens with two attached hydrogens (primary N) is 1. The van der Waals surface area contributed by atoms with Crippen molar-refractivity contribution < 1.29 is 80.5 Å². The lowest BCUT2D eigenvalue weighted by molar-refractivity contribution is -0.137. The Kier molecular flexibility index (Phi) is 14.8. The number of fused-ring (bicyclic) bond motifs is 1. The number of aromatic nitrogens is 4. The molecule has 1 aliphatic rings. The first-order chi connectivity index (χ1) is 23.5. The van der Waals surface area contributed by atoms with Crippen LogP contribution in [0.25, 0.3) is 11.2 Å². The Morgan fingerprint density at radius 2 is 1.75 bits per heavy atom. The van der Waals surface area contributed by atoms with E-state index in [4.69, 9.17) is 19.5 Å². The number of hydrogen-bond donors (Lipinski definition) is 9. The van der Waals surface area contributed by atoms with Crippen molar-refractivity contribution in [3.05, 3.63) is 12.7 Å². The number of nitrogens with one attached hydrogen (secondary N) is 2. The molecule has 51 heavy (non-hydrogen) atoms. The van der Waals surface area contributed by atoms with E-state index in [0.29, 0.717) is 5.75 Å². The van der Waals surface area contributed by atoms with Crippen LogP contribution >= 0.6 is 35.2 Å². The number of phosphoric ester groups is 3. The van der Waals surface area contributed by atoms with Crippen molar-refractivity contribution >= 4 is 69.1 Å². The third-order valence-electron chi connectivity index (χ3n) is 6.81. The van der Waals surface area contributed by atoms with Crippen molar-refractivity contribution in [3.8, 4) is 0 Å². The Balaban J connectivity index is 1.55. The number of amides is 2. The Hall–Kier alpha value is -2.44. The summed E-state index contributed by atoms with van der Waals surface area (Å²) in [6, 6.07) is 0. The van der Waals surface area contributed by atoms with Gasteiger partial charge in [-0.3, -0.25) is 32.5 Å². The molecule has 3 rings (SSSR count). The second kappa shape index (κ2) is 17.6. The van der Waals surface area contributed by atoms with E-state index in [-0.39, 0.29) is 41.6 Å². The summed E-state index contributed by atoms with van der Waals surface area (Å²) in [5.41, 5.74) is 4.26. The van der Waals surface area contributed by atoms with Gasteiger partial charge in [0.25, 0.3) is 0 Å². The fraction of sp³-hybridized carbons (Fsp3) is 0.652. The number of hydrogen-bond acceptors (Lipinski definition) is 18. The number of aliphatic hydroxyl groups excluding tert-OH is 2. The number of carbonyl (C=O) groups excluding carboxylic acids is 3. The summed E-state index contributed by atoms with van der Waals surface area (Å²) in [7, 11) is -16.4. The number of nitrogen functional groups attached to an aromatic ring is 1. The normalized spacial score (nSPS) is 22.6. The van der Waals surface area contributed by atoms with E-state index >= 15 is 0 Å². The first-order valence-electron chi connectivity index (χ1n) is 14.5. The van der Waals surface area contributed by atoms with Gasteiger partial charge in [0.15, 0.2) is 22.8 Å². The van der Waals surface area contributed by atoms with Gasteiger partial charge in [0, 0.05) is 37.6 Å². The summed E-state index contributed by atoms with van der Waals surface area (Å²) < 4.78 is 61.8. The lowest BCUT2D eigenvalue weighted by Crippen LogP contribution is -2.46. The van der Waals surface area contributed by atoms with E-state index in [1.807, 2.05) is 0 Å². The zero-order valence-electron chi connectivity index (χ0n) is 27.1. The summed E-state index contributed by atoms with van der Waals surface area (Å²) in [6.45, 7) is 1.90. The fourth-order valence-electron chi connectivity index (χ4n) is 4.32. The van der Waals surface area contributed by atoms with Gasteiger partial charge in [-0.2, -0.15) is 4.31 Å². The average molecular weight is 810 g/mol. The summed E-state index contributed by atoms with van der Waals surface area (Å²) in [5, 5.41) is 26.1. The first-order valence-corrected chi connectivity index (χ1v) is 20.0. The van der Waals surface area contributed by atoms with Crippen LogP contribution < -0.4 is 16.4 Å². The van der Waals surface area contributed by atoms with Gasteiger partial charge in [-0.05, 0) is 0 Å². The number of aliphatic hydroxyl groups is 2. The van der Waals surface area contributed by atoms with Crippen molar-refractivity contribution in [1.29, 1.82) is 0 Å². The van der Waals surface area contributed by atoms with Crippen LogP contribution in [0.5, 0.6) is 0 Å². The molecule has 0 saturated carbocycles. The molecule has 2 aromatic rings. The lowest BCUT2D eigenvalue weighted by atomic mass is 9.87. The molecule has 0 aromatic carbocycles. The van der Waals surface area contributed by atoms with Gasteiger partial charge in [0.2, 0.25) is 11.8 Å². The number of thioether (sulfide) groups is 1. The first kappa shape index (κ1) is 43.0. The highest BCUT2D eigenvalue weighted by Crippen LogP contribution is 2.61. The number of rotatable bonds is 19. The zero-order chi connectivity index (χ0) is 38.4. The topological polar surface area (TPSA) is 364 Å². The Morgan fingerprint density at radius 1 is 1.08 bits per heavy atom. The number of carbonyl (C=O) groups is 3. The maximum atomic E-state index is 12.6. The number of ether oxygens (including phenoxy) is 1. The molecule has 2 aromatic heterocycles. The third kappa shape index (κ3) is 12.9. The Labute approximate surface area is 293 Å². The summed E-state index contributed by atoms with van der Waals surface area (Å²) in [6.07, 6.45) is -6.88. The Bertz CT molecular complexity index is 1710. The predicted molar refractivity (Wildman–Crippen MR) is 173 cm³/mol. The maximum Gasteiger partial charge on any atom is 0.481 e. The van der Waals surface area contributed by atoms with Crippen molar-refractivity contribution in [2.75, 3.05) is 37.8 Å². The smallest absolute Gasteiger partial charge is 0.386 e. The van der Waals surface area contributed by atoms with Crippen LogP contribution in [0.3, 0.4) is 0 Å². The molecule has 1 aliphatic heterocycles. The number of imidazole rings is 1. The monoisotopic (exact) mass is 809 g/mol. The van der Waals surface area contributed by atoms with Crippen molar-refractivity contribution in [1.82, 2.24) is 30.2 Å². The van der Waals surface area contributed by atoms with Gasteiger partial charge in [-0.15, -0.1) is 0 Å². The molecule has 28 heteroatoms. The maximum absolute atomic E-state index is 12.6. The molecule has 7 atom stereocenters. The quantitative estimate of drug-likeness (QED) is 0.0587. The number of anilines is 1. The molecule has 0 spiro atoms. The van der Waals surface area contributed by atoms with Gasteiger partial charge < -0.3 is 50.9 Å². The lowest BCUT2D eigenvalue weighted by Gasteiger charge is -2.30. The van der Waals surface area contributed by atoms with Crippen LogP contribution in [0, 0.1) is 5.41 Å². The van der Waals surface area contributed by atoms with E-state index in [1.165, 1.54) is 20.8 Å². The second-order valence-electron chi connectivity index (χ2n) is 11.4. The molecule has 2 amide bonds. The average Bonchev–Trinajstić information content (AvgIpc) is 3.57. The molecule has 288 valence electrons. The van der Waals surface area contributed by atoms with Gasteiger partial charge >= 0.3 is 23.5 Å². The predicted octanol–water partition coefficient (Wildman–Crippen LogP) is -1.32. The highest BCUT2D eigenvalue weighted by Gasteiger charge is 2.50. The summed E-state index contributed by atoms with van der Waals surface area (Å²) in [4.78, 5) is 85.9. The molecule has 0 bridgehead atoms. The minimum absolute atomic E-state index is 0.0310. The standard InChI is InChI=1S/C23H38N7O17P3S/c1-12(31)51-7-6-25-14(32)4-5-26-21(35)18(34)23(2,3)9-44-50(41,42)47-49(39,40)43-8-13-17(46-48(36,37)38)16(33)22(45-13)30-11-29-15-19(24)27-10-28-20(15)30/h10-11,13,16-18,22,33-34H,4-9H2,1-3H3,(H,25,32)(H,26,35)(H,39,40)(H,41,42)(H2,24,27,28)(H2,36,37,38)/t13-,16-,17-,18+,22?/m1/s1. The van der Waals surface area contributed by atoms with Crippen LogP contribution in [0.15, 0.2) is 12.7 Å². The van der Waals surface area contributed by atoms with Crippen molar-refractivity contribution in [2.45, 2.75) is 57.8 Å². The highest BCUT2D eigenvalue weighted by atomic mass is 32.2. The Morgan fingerprint density at radius 3 is 2.39 bits per heavy atom. The molecule has 3 unspecified atom stereocenters. The number of phosphoric acid groups is 3. The summed E-state index contributed by atoms with van der Waals surface area (Å²) >= 11 is 1.03. The second-order valence-corrected chi connectivity index (χ2v) is 16.9. The van der Waals surface area contributed by atoms with Crippen LogP contribution in [0.2, 0.25) is 0 Å². The van der Waals surface area contributed by atoms with E-state index in [0.717, 1.165) is 29.0 Å². The molecular weight excluding hydrogens is 771 g/mol. The van der Waals surface area contributed by atoms with Crippen LogP contribution in [-0.2, 0) is 50.7 Å². The van der Waals surface area contributed by atoms with E-state index < -0.39 is 84.6 Å². The molecule has 1 fully saturated rings. The molecule has 24 nitrogen and oxygen atoms in total. The van der Waals surface area contributed by atoms with E-state index in [9.17, 15) is 57.9 Å². The molecule has 10 N–H and O–H groups in total. The van der Waals surface area contributed by atoms with E-state index in [1.54, 1.807) is 0 Å². The van der Waals surface area contributed by atoms with Crippen LogP contribution in [-0.4, -0.2) is 123 Å². The van der Waals surface area contributed by atoms with Crippen molar-refractivity contribution in [2.24, 2.45) is 5.41 Å².